The first-order chi connectivity index (χ1) is 5.91. The molecule has 1 fully saturated rings. The van der Waals surface area contributed by atoms with E-state index in [0.29, 0.717) is 0 Å². The number of hydrogen-bond acceptors (Lipinski definition) is 3. The zero-order valence-electron chi connectivity index (χ0n) is 7.25. The first-order valence-electron chi connectivity index (χ1n) is 3.89. The van der Waals surface area contributed by atoms with Gasteiger partial charge in [-0.15, -0.1) is 0 Å². The van der Waals surface area contributed by atoms with Gasteiger partial charge in [0.15, 0.2) is 6.10 Å². The smallest absolute Gasteiger partial charge is 0.316 e. The Morgan fingerprint density at radius 2 is 2.15 bits per heavy atom. The van der Waals surface area contributed by atoms with Crippen LogP contribution in [0.2, 0.25) is 0 Å². The summed E-state index contributed by atoms with van der Waals surface area (Å²) in [6.07, 6.45) is -0.962. The molecule has 0 aromatic carbocycles. The predicted octanol–water partition coefficient (Wildman–Crippen LogP) is 1.34. The molecule has 3 atom stereocenters. The van der Waals surface area contributed by atoms with Crippen LogP contribution in [0.4, 0.5) is 8.78 Å². The van der Waals surface area contributed by atoms with E-state index in [1.807, 2.05) is 0 Å². The first-order valence-corrected chi connectivity index (χ1v) is 3.89. The van der Waals surface area contributed by atoms with Gasteiger partial charge in [-0.05, 0) is 6.92 Å². The second-order valence-corrected chi connectivity index (χ2v) is 3.15. The normalized spacial score (nSPS) is 31.6. The lowest BCUT2D eigenvalue weighted by atomic mass is 10.3. The van der Waals surface area contributed by atoms with E-state index in [2.05, 4.69) is 4.74 Å². The molecule has 1 saturated carbocycles. The lowest BCUT2D eigenvalue weighted by Crippen LogP contribution is -2.17. The van der Waals surface area contributed by atoms with Crippen LogP contribution in [-0.4, -0.2) is 18.0 Å². The van der Waals surface area contributed by atoms with Gasteiger partial charge in [-0.1, -0.05) is 6.92 Å². The van der Waals surface area contributed by atoms with Crippen LogP contribution in [0.15, 0.2) is 0 Å². The van der Waals surface area contributed by atoms with Crippen LogP contribution in [-0.2, 0) is 9.53 Å². The predicted molar refractivity (Wildman–Crippen MR) is 38.8 cm³/mol. The van der Waals surface area contributed by atoms with Crippen molar-refractivity contribution >= 4 is 5.97 Å². The molecule has 0 aliphatic heterocycles. The highest BCUT2D eigenvalue weighted by Crippen LogP contribution is 2.55. The summed E-state index contributed by atoms with van der Waals surface area (Å²) in [4.78, 5) is 10.9. The van der Waals surface area contributed by atoms with E-state index in [-0.39, 0.29) is 0 Å². The van der Waals surface area contributed by atoms with Gasteiger partial charge >= 0.3 is 5.97 Å². The maximum atomic E-state index is 12.6. The van der Waals surface area contributed by atoms with Crippen LogP contribution >= 0.6 is 0 Å². The maximum Gasteiger partial charge on any atom is 0.316 e. The largest absolute Gasteiger partial charge is 0.447 e. The number of hydrogen-bond donors (Lipinski definition) is 0. The van der Waals surface area contributed by atoms with E-state index < -0.39 is 29.8 Å². The summed E-state index contributed by atoms with van der Waals surface area (Å²) in [6, 6.07) is 1.63. The summed E-state index contributed by atoms with van der Waals surface area (Å²) in [7, 11) is 0. The molecule has 1 rings (SSSR count). The Morgan fingerprint density at radius 1 is 1.69 bits per heavy atom. The zero-order chi connectivity index (χ0) is 10.2. The van der Waals surface area contributed by atoms with Crippen LogP contribution in [0.25, 0.3) is 0 Å². The summed E-state index contributed by atoms with van der Waals surface area (Å²) in [5, 5.41) is 8.27. The molecule has 3 unspecified atom stereocenters. The second kappa shape index (κ2) is 2.95. The van der Waals surface area contributed by atoms with Crippen LogP contribution < -0.4 is 0 Å². The van der Waals surface area contributed by atoms with Crippen molar-refractivity contribution in [3.8, 4) is 6.07 Å². The van der Waals surface area contributed by atoms with Crippen molar-refractivity contribution in [2.24, 2.45) is 11.8 Å². The molecule has 0 saturated heterocycles. The molecule has 1 aliphatic rings. The van der Waals surface area contributed by atoms with E-state index in [4.69, 9.17) is 5.26 Å². The minimum atomic E-state index is -2.95. The Kier molecular flexibility index (Phi) is 2.24. The van der Waals surface area contributed by atoms with Gasteiger partial charge in [-0.3, -0.25) is 4.79 Å². The van der Waals surface area contributed by atoms with E-state index in [0.717, 1.165) is 0 Å². The highest BCUT2D eigenvalue weighted by atomic mass is 19.3. The highest BCUT2D eigenvalue weighted by Gasteiger charge is 2.70. The quantitative estimate of drug-likeness (QED) is 0.616. The van der Waals surface area contributed by atoms with Crippen molar-refractivity contribution in [2.75, 3.05) is 0 Å². The van der Waals surface area contributed by atoms with Gasteiger partial charge in [0.25, 0.3) is 5.92 Å². The lowest BCUT2D eigenvalue weighted by Gasteiger charge is -2.04. The number of alkyl halides is 2. The summed E-state index contributed by atoms with van der Waals surface area (Å²) >= 11 is 0. The van der Waals surface area contributed by atoms with Gasteiger partial charge in [0.1, 0.15) is 12.0 Å². The van der Waals surface area contributed by atoms with E-state index in [1.165, 1.54) is 13.8 Å². The van der Waals surface area contributed by atoms with E-state index >= 15 is 0 Å². The van der Waals surface area contributed by atoms with Crippen molar-refractivity contribution < 1.29 is 18.3 Å². The third-order valence-corrected chi connectivity index (χ3v) is 2.14. The third kappa shape index (κ3) is 1.62. The highest BCUT2D eigenvalue weighted by molar-refractivity contribution is 5.78. The number of rotatable bonds is 2. The SMILES string of the molecule is CC(C#N)OC(=O)C1C(C)C1(F)F. The van der Waals surface area contributed by atoms with E-state index in [1.54, 1.807) is 6.07 Å². The standard InChI is InChI=1S/C8H9F2NO2/c1-4(3-11)13-7(12)6-5(2)8(6,9)10/h4-6H,1-2H3. The van der Waals surface area contributed by atoms with Crippen molar-refractivity contribution in [1.82, 2.24) is 0 Å². The fraction of sp³-hybridized carbons (Fsp3) is 0.750. The number of nitrogens with zero attached hydrogens (tertiary/aromatic N) is 1. The molecule has 0 N–H and O–H groups in total. The van der Waals surface area contributed by atoms with Crippen LogP contribution in [0.3, 0.4) is 0 Å². The van der Waals surface area contributed by atoms with Crippen LogP contribution in [0, 0.1) is 23.2 Å². The van der Waals surface area contributed by atoms with Gasteiger partial charge in [0.05, 0.1) is 0 Å². The van der Waals surface area contributed by atoms with Gasteiger partial charge < -0.3 is 4.74 Å². The monoisotopic (exact) mass is 189 g/mol. The second-order valence-electron chi connectivity index (χ2n) is 3.15. The molecule has 0 aromatic heterocycles. The van der Waals surface area contributed by atoms with Gasteiger partial charge in [0.2, 0.25) is 0 Å². The molecule has 0 heterocycles. The Bertz CT molecular complexity index is 272. The van der Waals surface area contributed by atoms with Gasteiger partial charge in [-0.25, -0.2) is 8.78 Å². The molecule has 0 amide bonds. The zero-order valence-corrected chi connectivity index (χ0v) is 7.25. The molecular weight excluding hydrogens is 180 g/mol. The average Bonchev–Trinajstić information content (AvgIpc) is 2.51. The number of esters is 1. The minimum Gasteiger partial charge on any atom is -0.447 e. The molecule has 1 aliphatic carbocycles. The molecule has 5 heteroatoms. The molecule has 3 nitrogen and oxygen atoms in total. The van der Waals surface area contributed by atoms with Crippen molar-refractivity contribution in [3.63, 3.8) is 0 Å². The number of nitriles is 1. The number of halogens is 2. The third-order valence-electron chi connectivity index (χ3n) is 2.14. The Balaban J connectivity index is 2.49. The van der Waals surface area contributed by atoms with Crippen LogP contribution in [0.5, 0.6) is 0 Å². The topological polar surface area (TPSA) is 50.1 Å². The molecule has 13 heavy (non-hydrogen) atoms. The van der Waals surface area contributed by atoms with E-state index in [9.17, 15) is 13.6 Å². The van der Waals surface area contributed by atoms with Crippen LogP contribution in [0.1, 0.15) is 13.8 Å². The lowest BCUT2D eigenvalue weighted by molar-refractivity contribution is -0.150. The molecule has 0 spiro atoms. The Hall–Kier alpha value is -1.18. The average molecular weight is 189 g/mol. The number of carbonyl (C=O) groups excluding carboxylic acids is 1. The minimum absolute atomic E-state index is 0.962. The summed E-state index contributed by atoms with van der Waals surface area (Å²) in [5.41, 5.74) is 0. The Morgan fingerprint density at radius 3 is 2.46 bits per heavy atom. The molecular formula is C8H9F2NO2. The fourth-order valence-corrected chi connectivity index (χ4v) is 1.11. The molecule has 72 valence electrons. The van der Waals surface area contributed by atoms with Crippen molar-refractivity contribution in [3.05, 3.63) is 0 Å². The molecule has 0 radical (unpaired) electrons. The summed E-state index contributed by atoms with van der Waals surface area (Å²) in [5.74, 6) is -6.26. The van der Waals surface area contributed by atoms with Gasteiger partial charge in [-0.2, -0.15) is 5.26 Å². The van der Waals surface area contributed by atoms with Gasteiger partial charge in [0, 0.05) is 5.92 Å². The molecule has 0 aromatic rings. The Labute approximate surface area is 74.3 Å². The fourth-order valence-electron chi connectivity index (χ4n) is 1.11. The maximum absolute atomic E-state index is 12.6. The van der Waals surface area contributed by atoms with Crippen molar-refractivity contribution in [1.29, 1.82) is 5.26 Å². The summed E-state index contributed by atoms with van der Waals surface area (Å²) in [6.45, 7) is 2.62. The first kappa shape index (κ1) is 9.90. The summed E-state index contributed by atoms with van der Waals surface area (Å²) < 4.78 is 29.7. The number of ether oxygens (including phenoxy) is 1. The molecule has 0 bridgehead atoms. The number of carbonyl (C=O) groups is 1. The van der Waals surface area contributed by atoms with Crippen molar-refractivity contribution in [2.45, 2.75) is 25.9 Å².